The van der Waals surface area contributed by atoms with Gasteiger partial charge < -0.3 is 9.47 Å². The van der Waals surface area contributed by atoms with Crippen molar-refractivity contribution in [2.45, 2.75) is 6.92 Å². The molecule has 4 nitrogen and oxygen atoms in total. The molecule has 1 heterocycles. The molecule has 3 aromatic rings. The van der Waals surface area contributed by atoms with Gasteiger partial charge in [-0.05, 0) is 24.6 Å². The molecule has 2 aromatic carbocycles. The van der Waals surface area contributed by atoms with Crippen molar-refractivity contribution in [3.8, 4) is 22.6 Å². The van der Waals surface area contributed by atoms with Crippen LogP contribution in [0.25, 0.3) is 22.2 Å². The first-order chi connectivity index (χ1) is 10.6. The third kappa shape index (κ3) is 2.50. The summed E-state index contributed by atoms with van der Waals surface area (Å²) in [6, 6.07) is 9.50. The lowest BCUT2D eigenvalue weighted by Gasteiger charge is -2.11. The molecule has 0 N–H and O–H groups in total. The van der Waals surface area contributed by atoms with Crippen molar-refractivity contribution >= 4 is 24.3 Å². The second kappa shape index (κ2) is 5.68. The lowest BCUT2D eigenvalue weighted by atomic mass is 9.91. The van der Waals surface area contributed by atoms with Gasteiger partial charge in [0.1, 0.15) is 19.3 Å². The van der Waals surface area contributed by atoms with Gasteiger partial charge in [-0.15, -0.1) is 0 Å². The summed E-state index contributed by atoms with van der Waals surface area (Å²) in [6.45, 7) is 1.90. The first-order valence-corrected chi connectivity index (χ1v) is 6.87. The van der Waals surface area contributed by atoms with Crippen molar-refractivity contribution in [3.05, 3.63) is 42.2 Å². The van der Waals surface area contributed by atoms with E-state index >= 15 is 0 Å². The summed E-state index contributed by atoms with van der Waals surface area (Å²) in [6.07, 6.45) is 1.74. The second-order valence-electron chi connectivity index (χ2n) is 5.01. The Balaban J connectivity index is 2.29. The molecule has 2 radical (unpaired) electrons. The van der Waals surface area contributed by atoms with Crippen LogP contribution in [0.2, 0.25) is 0 Å². The molecule has 108 valence electrons. The molecule has 0 saturated heterocycles. The fourth-order valence-corrected chi connectivity index (χ4v) is 2.40. The van der Waals surface area contributed by atoms with Gasteiger partial charge in [0.25, 0.3) is 0 Å². The standard InChI is InChI=1S/C17H15BN2O2/c1-10-9-19-16-14(4-5-15(18)17(16)20-10)11-6-12(21-2)8-13(7-11)22-3/h4-9H,1-3H3. The van der Waals surface area contributed by atoms with Crippen molar-refractivity contribution in [3.63, 3.8) is 0 Å². The van der Waals surface area contributed by atoms with E-state index in [0.29, 0.717) is 11.0 Å². The maximum atomic E-state index is 6.03. The van der Waals surface area contributed by atoms with E-state index in [1.165, 1.54) is 0 Å². The molecule has 0 atom stereocenters. The molecule has 0 fully saturated rings. The van der Waals surface area contributed by atoms with E-state index < -0.39 is 0 Å². The zero-order chi connectivity index (χ0) is 15.7. The third-order valence-electron chi connectivity index (χ3n) is 3.51. The minimum atomic E-state index is 0.616. The van der Waals surface area contributed by atoms with E-state index in [9.17, 15) is 0 Å². The summed E-state index contributed by atoms with van der Waals surface area (Å²) in [5.41, 5.74) is 4.80. The van der Waals surface area contributed by atoms with Gasteiger partial charge in [-0.1, -0.05) is 17.6 Å². The molecule has 0 unspecified atom stereocenters. The molecule has 0 aliphatic rings. The van der Waals surface area contributed by atoms with Crippen molar-refractivity contribution in [1.82, 2.24) is 9.97 Å². The van der Waals surface area contributed by atoms with Gasteiger partial charge in [0.15, 0.2) is 0 Å². The average molecular weight is 290 g/mol. The van der Waals surface area contributed by atoms with Crippen molar-refractivity contribution in [1.29, 1.82) is 0 Å². The van der Waals surface area contributed by atoms with E-state index in [2.05, 4.69) is 9.97 Å². The highest BCUT2D eigenvalue weighted by Crippen LogP contribution is 2.32. The fourth-order valence-electron chi connectivity index (χ4n) is 2.40. The molecule has 0 aliphatic heterocycles. The summed E-state index contributed by atoms with van der Waals surface area (Å²) in [7, 11) is 9.29. The van der Waals surface area contributed by atoms with E-state index in [0.717, 1.165) is 33.8 Å². The van der Waals surface area contributed by atoms with Crippen molar-refractivity contribution < 1.29 is 9.47 Å². The number of nitrogens with zero attached hydrogens (tertiary/aromatic N) is 2. The van der Waals surface area contributed by atoms with Crippen molar-refractivity contribution in [2.24, 2.45) is 0 Å². The van der Waals surface area contributed by atoms with Crippen LogP contribution in [0.15, 0.2) is 36.5 Å². The normalized spacial score (nSPS) is 10.7. The quantitative estimate of drug-likeness (QED) is 0.695. The van der Waals surface area contributed by atoms with E-state index in [1.54, 1.807) is 20.4 Å². The fraction of sp³-hybridized carbons (Fsp3) is 0.176. The van der Waals surface area contributed by atoms with Crippen LogP contribution in [0.5, 0.6) is 11.5 Å². The lowest BCUT2D eigenvalue weighted by Crippen LogP contribution is -2.07. The molecule has 0 bridgehead atoms. The Kier molecular flexibility index (Phi) is 3.71. The topological polar surface area (TPSA) is 44.2 Å². The van der Waals surface area contributed by atoms with Crippen LogP contribution in [-0.4, -0.2) is 32.0 Å². The molecule has 0 spiro atoms. The Hall–Kier alpha value is -2.56. The van der Waals surface area contributed by atoms with Gasteiger partial charge in [-0.2, -0.15) is 0 Å². The predicted molar refractivity (Wildman–Crippen MR) is 88.2 cm³/mol. The number of fused-ring (bicyclic) bond motifs is 1. The number of benzene rings is 2. The Bertz CT molecular complexity index is 827. The van der Waals surface area contributed by atoms with Crippen LogP contribution in [0, 0.1) is 6.92 Å². The Morgan fingerprint density at radius 2 is 1.64 bits per heavy atom. The largest absolute Gasteiger partial charge is 0.497 e. The first kappa shape index (κ1) is 14.4. The highest BCUT2D eigenvalue weighted by atomic mass is 16.5. The molecule has 5 heteroatoms. The van der Waals surface area contributed by atoms with Crippen LogP contribution in [0.4, 0.5) is 0 Å². The minimum Gasteiger partial charge on any atom is -0.497 e. The smallest absolute Gasteiger partial charge is 0.123 e. The maximum Gasteiger partial charge on any atom is 0.123 e. The SMILES string of the molecule is [B]c1ccc(-c2cc(OC)cc(OC)c2)c2ncc(C)nc12. The molecule has 3 rings (SSSR count). The number of methoxy groups -OCH3 is 2. The molecule has 22 heavy (non-hydrogen) atoms. The van der Waals surface area contributed by atoms with Gasteiger partial charge in [0.05, 0.1) is 30.9 Å². The predicted octanol–water partition coefficient (Wildman–Crippen LogP) is 2.42. The summed E-state index contributed by atoms with van der Waals surface area (Å²) in [4.78, 5) is 9.00. The van der Waals surface area contributed by atoms with Crippen LogP contribution >= 0.6 is 0 Å². The van der Waals surface area contributed by atoms with E-state index in [-0.39, 0.29) is 0 Å². The molecule has 1 aromatic heterocycles. The number of hydrogen-bond donors (Lipinski definition) is 0. The Morgan fingerprint density at radius 3 is 2.27 bits per heavy atom. The van der Waals surface area contributed by atoms with Crippen LogP contribution in [0.3, 0.4) is 0 Å². The zero-order valence-electron chi connectivity index (χ0n) is 12.8. The summed E-state index contributed by atoms with van der Waals surface area (Å²) in [5.74, 6) is 1.44. The Labute approximate surface area is 130 Å². The molecule has 0 saturated carbocycles. The second-order valence-corrected chi connectivity index (χ2v) is 5.01. The van der Waals surface area contributed by atoms with Crippen LogP contribution in [0.1, 0.15) is 5.69 Å². The van der Waals surface area contributed by atoms with E-state index in [4.69, 9.17) is 17.3 Å². The highest BCUT2D eigenvalue weighted by Gasteiger charge is 2.11. The van der Waals surface area contributed by atoms with Gasteiger partial charge in [0, 0.05) is 17.8 Å². The van der Waals surface area contributed by atoms with Crippen LogP contribution in [-0.2, 0) is 0 Å². The maximum absolute atomic E-state index is 6.03. The zero-order valence-corrected chi connectivity index (χ0v) is 12.8. The highest BCUT2D eigenvalue weighted by molar-refractivity contribution is 6.38. The van der Waals surface area contributed by atoms with E-state index in [1.807, 2.05) is 37.3 Å². The van der Waals surface area contributed by atoms with Crippen molar-refractivity contribution in [2.75, 3.05) is 14.2 Å². The first-order valence-electron chi connectivity index (χ1n) is 6.87. The molecular weight excluding hydrogens is 275 g/mol. The Morgan fingerprint density at radius 1 is 0.955 bits per heavy atom. The number of aryl methyl sites for hydroxylation is 1. The third-order valence-corrected chi connectivity index (χ3v) is 3.51. The average Bonchev–Trinajstić information content (AvgIpc) is 2.55. The number of ether oxygens (including phenoxy) is 2. The lowest BCUT2D eigenvalue weighted by molar-refractivity contribution is 0.394. The van der Waals surface area contributed by atoms with Gasteiger partial charge in [-0.3, -0.25) is 9.97 Å². The monoisotopic (exact) mass is 290 g/mol. The number of hydrogen-bond acceptors (Lipinski definition) is 4. The molecule has 0 aliphatic carbocycles. The summed E-state index contributed by atoms with van der Waals surface area (Å²) < 4.78 is 10.7. The van der Waals surface area contributed by atoms with Gasteiger partial charge in [-0.25, -0.2) is 0 Å². The minimum absolute atomic E-state index is 0.616. The summed E-state index contributed by atoms with van der Waals surface area (Å²) in [5, 5.41) is 0. The van der Waals surface area contributed by atoms with Crippen LogP contribution < -0.4 is 14.9 Å². The van der Waals surface area contributed by atoms with Gasteiger partial charge >= 0.3 is 0 Å². The van der Waals surface area contributed by atoms with Gasteiger partial charge in [0.2, 0.25) is 0 Å². The molecular formula is C17H15BN2O2. The number of aromatic nitrogens is 2. The summed E-state index contributed by atoms with van der Waals surface area (Å²) >= 11 is 0. The number of rotatable bonds is 3. The molecule has 0 amide bonds.